The van der Waals surface area contributed by atoms with Crippen LogP contribution in [0.5, 0.6) is 5.75 Å². The van der Waals surface area contributed by atoms with Crippen molar-refractivity contribution in [2.75, 3.05) is 11.9 Å². The second-order valence-electron chi connectivity index (χ2n) is 7.10. The number of amides is 1. The van der Waals surface area contributed by atoms with Crippen molar-refractivity contribution < 1.29 is 19.1 Å². The van der Waals surface area contributed by atoms with Gasteiger partial charge in [-0.05, 0) is 43.3 Å². The molecule has 2 aromatic heterocycles. The Kier molecular flexibility index (Phi) is 6.72. The molecule has 0 fully saturated rings. The van der Waals surface area contributed by atoms with Gasteiger partial charge in [-0.3, -0.25) is 14.6 Å². The van der Waals surface area contributed by atoms with Gasteiger partial charge in [0.05, 0.1) is 23.3 Å². The van der Waals surface area contributed by atoms with E-state index in [0.29, 0.717) is 18.0 Å². The molecule has 162 valence electrons. The van der Waals surface area contributed by atoms with Gasteiger partial charge in [0.15, 0.2) is 6.61 Å². The van der Waals surface area contributed by atoms with Crippen LogP contribution in [0, 0.1) is 6.92 Å². The molecular formula is C24H21N3O4S. The normalized spacial score (nSPS) is 10.7. The monoisotopic (exact) mass is 447 g/mol. The van der Waals surface area contributed by atoms with Crippen molar-refractivity contribution in [2.45, 2.75) is 20.0 Å². The number of ether oxygens (including phenoxy) is 2. The summed E-state index contributed by atoms with van der Waals surface area (Å²) >= 11 is 1.41. The Morgan fingerprint density at radius 2 is 1.91 bits per heavy atom. The summed E-state index contributed by atoms with van der Waals surface area (Å²) in [7, 11) is 0. The number of carbonyl (C=O) groups is 2. The molecule has 0 unspecified atom stereocenters. The molecule has 1 amide bonds. The molecule has 8 heteroatoms. The van der Waals surface area contributed by atoms with E-state index in [4.69, 9.17) is 9.47 Å². The first-order valence-electron chi connectivity index (χ1n) is 9.99. The lowest BCUT2D eigenvalue weighted by Crippen LogP contribution is -2.21. The molecule has 0 aliphatic carbocycles. The predicted molar refractivity (Wildman–Crippen MR) is 123 cm³/mol. The van der Waals surface area contributed by atoms with Crippen molar-refractivity contribution in [1.82, 2.24) is 9.97 Å². The number of hydrogen-bond donors (Lipinski definition) is 1. The van der Waals surface area contributed by atoms with Crippen molar-refractivity contribution in [2.24, 2.45) is 0 Å². The Balaban J connectivity index is 1.24. The van der Waals surface area contributed by atoms with E-state index in [-0.39, 0.29) is 13.0 Å². The molecule has 7 nitrogen and oxygen atoms in total. The maximum Gasteiger partial charge on any atom is 0.312 e. The van der Waals surface area contributed by atoms with E-state index in [2.05, 4.69) is 15.3 Å². The minimum Gasteiger partial charge on any atom is -0.486 e. The van der Waals surface area contributed by atoms with Crippen LogP contribution in [0.1, 0.15) is 16.3 Å². The number of nitrogens with one attached hydrogen (secondary N) is 1. The number of thiazole rings is 1. The zero-order valence-electron chi connectivity index (χ0n) is 17.4. The molecule has 0 saturated heterocycles. The lowest BCUT2D eigenvalue weighted by Gasteiger charge is -2.08. The van der Waals surface area contributed by atoms with E-state index < -0.39 is 11.9 Å². The van der Waals surface area contributed by atoms with Gasteiger partial charge in [-0.1, -0.05) is 23.8 Å². The Morgan fingerprint density at radius 1 is 1.06 bits per heavy atom. The third kappa shape index (κ3) is 5.67. The number of carbonyl (C=O) groups excluding carboxylic acids is 2. The Hall–Kier alpha value is -3.78. The highest BCUT2D eigenvalue weighted by molar-refractivity contribution is 7.09. The van der Waals surface area contributed by atoms with E-state index in [0.717, 1.165) is 27.2 Å². The number of pyridine rings is 1. The number of fused-ring (bicyclic) bond motifs is 1. The molecule has 4 rings (SSSR count). The number of esters is 1. The van der Waals surface area contributed by atoms with Crippen LogP contribution in [0.3, 0.4) is 0 Å². The van der Waals surface area contributed by atoms with Gasteiger partial charge in [-0.2, -0.15) is 0 Å². The van der Waals surface area contributed by atoms with Gasteiger partial charge in [0.2, 0.25) is 0 Å². The molecule has 0 bridgehead atoms. The standard InChI is InChI=1S/C24H21N3O4S/c1-16-7-9-18(10-8-16)30-14-23-26-17(15-32-23)12-24(29)31-13-22(28)27-21-6-2-5-20-19(21)4-3-11-25-20/h2-11,15H,12-14H2,1H3,(H,27,28). The quantitative estimate of drug-likeness (QED) is 0.405. The molecule has 2 aromatic carbocycles. The molecule has 1 N–H and O–H groups in total. The smallest absolute Gasteiger partial charge is 0.312 e. The first kappa shape index (κ1) is 21.5. The topological polar surface area (TPSA) is 90.4 Å². The fourth-order valence-electron chi connectivity index (χ4n) is 3.02. The van der Waals surface area contributed by atoms with E-state index in [1.807, 2.05) is 43.3 Å². The molecule has 4 aromatic rings. The van der Waals surface area contributed by atoms with E-state index in [1.165, 1.54) is 11.3 Å². The van der Waals surface area contributed by atoms with Crippen LogP contribution in [-0.4, -0.2) is 28.5 Å². The van der Waals surface area contributed by atoms with Crippen LogP contribution in [0.15, 0.2) is 66.2 Å². The summed E-state index contributed by atoms with van der Waals surface area (Å²) < 4.78 is 10.8. The fourth-order valence-corrected chi connectivity index (χ4v) is 3.72. The second-order valence-corrected chi connectivity index (χ2v) is 8.04. The number of rotatable bonds is 8. The molecule has 0 saturated carbocycles. The molecule has 0 atom stereocenters. The van der Waals surface area contributed by atoms with Crippen molar-refractivity contribution in [3.05, 3.63) is 82.4 Å². The Morgan fingerprint density at radius 3 is 2.75 bits per heavy atom. The largest absolute Gasteiger partial charge is 0.486 e. The lowest BCUT2D eigenvalue weighted by atomic mass is 10.2. The Labute approximate surface area is 189 Å². The van der Waals surface area contributed by atoms with Gasteiger partial charge in [-0.25, -0.2) is 4.98 Å². The molecular weight excluding hydrogens is 426 g/mol. The second kappa shape index (κ2) is 10.0. The number of benzene rings is 2. The summed E-state index contributed by atoms with van der Waals surface area (Å²) in [6.45, 7) is 1.97. The van der Waals surface area contributed by atoms with Gasteiger partial charge < -0.3 is 14.8 Å². The summed E-state index contributed by atoms with van der Waals surface area (Å²) in [4.78, 5) is 33.0. The molecule has 0 aliphatic heterocycles. The van der Waals surface area contributed by atoms with E-state index >= 15 is 0 Å². The van der Waals surface area contributed by atoms with Crippen molar-refractivity contribution in [3.8, 4) is 5.75 Å². The van der Waals surface area contributed by atoms with Crippen LogP contribution >= 0.6 is 11.3 Å². The summed E-state index contributed by atoms with van der Waals surface area (Å²) in [6.07, 6.45) is 1.68. The van der Waals surface area contributed by atoms with Crippen LogP contribution in [0.2, 0.25) is 0 Å². The van der Waals surface area contributed by atoms with E-state index in [9.17, 15) is 9.59 Å². The fraction of sp³-hybridized carbons (Fsp3) is 0.167. The minimum absolute atomic E-state index is 0.00744. The SMILES string of the molecule is Cc1ccc(OCc2nc(CC(=O)OCC(=O)Nc3cccc4ncccc34)cs2)cc1. The number of aryl methyl sites for hydroxylation is 1. The maximum absolute atomic E-state index is 12.2. The minimum atomic E-state index is -0.518. The maximum atomic E-state index is 12.2. The summed E-state index contributed by atoms with van der Waals surface area (Å²) in [5, 5.41) is 6.12. The van der Waals surface area contributed by atoms with Crippen LogP contribution < -0.4 is 10.1 Å². The van der Waals surface area contributed by atoms with Gasteiger partial charge >= 0.3 is 5.97 Å². The average Bonchev–Trinajstić information content (AvgIpc) is 3.25. The highest BCUT2D eigenvalue weighted by Crippen LogP contribution is 2.21. The number of aromatic nitrogens is 2. The zero-order valence-corrected chi connectivity index (χ0v) is 18.2. The van der Waals surface area contributed by atoms with Crippen molar-refractivity contribution >= 4 is 39.8 Å². The zero-order chi connectivity index (χ0) is 22.3. The molecule has 2 heterocycles. The van der Waals surface area contributed by atoms with Crippen molar-refractivity contribution in [3.63, 3.8) is 0 Å². The summed E-state index contributed by atoms with van der Waals surface area (Å²) in [5.41, 5.74) is 3.14. The third-order valence-electron chi connectivity index (χ3n) is 4.59. The van der Waals surface area contributed by atoms with Crippen LogP contribution in [0.4, 0.5) is 5.69 Å². The Bertz CT molecular complexity index is 1230. The molecule has 32 heavy (non-hydrogen) atoms. The first-order valence-corrected chi connectivity index (χ1v) is 10.9. The van der Waals surface area contributed by atoms with Gasteiger partial charge in [0.1, 0.15) is 17.4 Å². The van der Waals surface area contributed by atoms with Crippen LogP contribution in [0.25, 0.3) is 10.9 Å². The highest BCUT2D eigenvalue weighted by Gasteiger charge is 2.13. The number of nitrogens with zero attached hydrogens (tertiary/aromatic N) is 2. The lowest BCUT2D eigenvalue weighted by molar-refractivity contribution is -0.146. The highest BCUT2D eigenvalue weighted by atomic mass is 32.1. The third-order valence-corrected chi connectivity index (χ3v) is 5.46. The number of hydrogen-bond acceptors (Lipinski definition) is 7. The van der Waals surface area contributed by atoms with Gasteiger partial charge in [0, 0.05) is 17.0 Å². The molecule has 0 radical (unpaired) electrons. The van der Waals surface area contributed by atoms with Crippen molar-refractivity contribution in [1.29, 1.82) is 0 Å². The summed E-state index contributed by atoms with van der Waals surface area (Å²) in [6, 6.07) is 16.9. The predicted octanol–water partition coefficient (Wildman–Crippen LogP) is 4.30. The average molecular weight is 448 g/mol. The van der Waals surface area contributed by atoms with E-state index in [1.54, 1.807) is 29.8 Å². The first-order chi connectivity index (χ1) is 15.6. The molecule has 0 aliphatic rings. The van der Waals surface area contributed by atoms with Gasteiger partial charge in [0.25, 0.3) is 5.91 Å². The molecule has 0 spiro atoms. The van der Waals surface area contributed by atoms with Crippen LogP contribution in [-0.2, 0) is 27.4 Å². The number of anilines is 1. The summed E-state index contributed by atoms with van der Waals surface area (Å²) in [5.74, 6) is -0.170. The van der Waals surface area contributed by atoms with Gasteiger partial charge in [-0.15, -0.1) is 11.3 Å².